The fraction of sp³-hybridized carbons (Fsp3) is 0.667. The molecule has 2 rings (SSSR count). The summed E-state index contributed by atoms with van der Waals surface area (Å²) < 4.78 is 5.81. The SMILES string of the molecule is CCN(CC)c1cc(O[C@H]2CCNC2)ncn1.Cl. The Morgan fingerprint density at radius 3 is 2.78 bits per heavy atom. The van der Waals surface area contributed by atoms with Gasteiger partial charge in [-0.25, -0.2) is 9.97 Å². The third-order valence-electron chi connectivity index (χ3n) is 3.02. The Balaban J connectivity index is 0.00000162. The van der Waals surface area contributed by atoms with Crippen molar-refractivity contribution < 1.29 is 4.74 Å². The van der Waals surface area contributed by atoms with Crippen LogP contribution in [-0.2, 0) is 0 Å². The molecule has 1 aromatic rings. The van der Waals surface area contributed by atoms with E-state index in [4.69, 9.17) is 4.74 Å². The van der Waals surface area contributed by atoms with Crippen LogP contribution in [0.5, 0.6) is 5.88 Å². The maximum atomic E-state index is 5.81. The van der Waals surface area contributed by atoms with Crippen molar-refractivity contribution in [1.82, 2.24) is 15.3 Å². The van der Waals surface area contributed by atoms with Crippen LogP contribution in [0.2, 0.25) is 0 Å². The van der Waals surface area contributed by atoms with Gasteiger partial charge in [0.05, 0.1) is 0 Å². The quantitative estimate of drug-likeness (QED) is 0.880. The van der Waals surface area contributed by atoms with Crippen LogP contribution in [0, 0.1) is 0 Å². The predicted molar refractivity (Wildman–Crippen MR) is 74.7 cm³/mol. The Morgan fingerprint density at radius 1 is 1.39 bits per heavy atom. The standard InChI is InChI=1S/C12H20N4O.ClH/c1-3-16(4-2)11-7-12(15-9-14-11)17-10-5-6-13-8-10;/h7,9-10,13H,3-6,8H2,1-2H3;1H/t10-;/m0./s1. The molecule has 6 heteroatoms. The fourth-order valence-corrected chi connectivity index (χ4v) is 2.01. The van der Waals surface area contributed by atoms with Crippen LogP contribution < -0.4 is 15.0 Å². The molecule has 18 heavy (non-hydrogen) atoms. The summed E-state index contributed by atoms with van der Waals surface area (Å²) in [5.41, 5.74) is 0. The largest absolute Gasteiger partial charge is 0.473 e. The minimum atomic E-state index is 0. The second-order valence-electron chi connectivity index (χ2n) is 4.12. The third-order valence-corrected chi connectivity index (χ3v) is 3.02. The van der Waals surface area contributed by atoms with Gasteiger partial charge in [-0.3, -0.25) is 0 Å². The minimum absolute atomic E-state index is 0. The van der Waals surface area contributed by atoms with Crippen molar-refractivity contribution in [3.8, 4) is 5.88 Å². The molecule has 102 valence electrons. The molecule has 1 fully saturated rings. The van der Waals surface area contributed by atoms with Crippen LogP contribution in [0.1, 0.15) is 20.3 Å². The number of aromatic nitrogens is 2. The van der Waals surface area contributed by atoms with Gasteiger partial charge in [0, 0.05) is 25.7 Å². The number of hydrogen-bond acceptors (Lipinski definition) is 5. The molecule has 5 nitrogen and oxygen atoms in total. The summed E-state index contributed by atoms with van der Waals surface area (Å²) in [5.74, 6) is 1.61. The number of hydrogen-bond donors (Lipinski definition) is 1. The highest BCUT2D eigenvalue weighted by atomic mass is 35.5. The summed E-state index contributed by atoms with van der Waals surface area (Å²) >= 11 is 0. The first kappa shape index (κ1) is 15.0. The van der Waals surface area contributed by atoms with E-state index < -0.39 is 0 Å². The topological polar surface area (TPSA) is 50.3 Å². The Bertz CT molecular complexity index is 354. The van der Waals surface area contributed by atoms with Gasteiger partial charge in [0.25, 0.3) is 0 Å². The first-order valence-electron chi connectivity index (χ1n) is 6.27. The lowest BCUT2D eigenvalue weighted by Crippen LogP contribution is -2.24. The van der Waals surface area contributed by atoms with Crippen molar-refractivity contribution >= 4 is 18.2 Å². The van der Waals surface area contributed by atoms with Crippen molar-refractivity contribution in [2.24, 2.45) is 0 Å². The molecule has 0 bridgehead atoms. The molecule has 1 saturated heterocycles. The maximum Gasteiger partial charge on any atom is 0.218 e. The van der Waals surface area contributed by atoms with Crippen molar-refractivity contribution in [3.05, 3.63) is 12.4 Å². The van der Waals surface area contributed by atoms with E-state index >= 15 is 0 Å². The number of ether oxygens (including phenoxy) is 1. The molecular formula is C12H21ClN4O. The highest BCUT2D eigenvalue weighted by molar-refractivity contribution is 5.85. The van der Waals surface area contributed by atoms with Crippen molar-refractivity contribution in [2.45, 2.75) is 26.4 Å². The number of nitrogens with zero attached hydrogens (tertiary/aromatic N) is 3. The summed E-state index contributed by atoms with van der Waals surface area (Å²) in [5, 5.41) is 3.27. The van der Waals surface area contributed by atoms with E-state index in [-0.39, 0.29) is 18.5 Å². The molecular weight excluding hydrogens is 252 g/mol. The molecule has 1 atom stereocenters. The average molecular weight is 273 g/mol. The highest BCUT2D eigenvalue weighted by Gasteiger charge is 2.17. The summed E-state index contributed by atoms with van der Waals surface area (Å²) in [6, 6.07) is 1.92. The van der Waals surface area contributed by atoms with Gasteiger partial charge in [0.1, 0.15) is 18.2 Å². The van der Waals surface area contributed by atoms with Crippen LogP contribution in [-0.4, -0.2) is 42.3 Å². The number of nitrogens with one attached hydrogen (secondary N) is 1. The maximum absolute atomic E-state index is 5.81. The van der Waals surface area contributed by atoms with Crippen molar-refractivity contribution in [3.63, 3.8) is 0 Å². The van der Waals surface area contributed by atoms with Gasteiger partial charge in [-0.05, 0) is 26.8 Å². The summed E-state index contributed by atoms with van der Waals surface area (Å²) in [6.45, 7) is 8.05. The van der Waals surface area contributed by atoms with Gasteiger partial charge < -0.3 is 15.0 Å². The van der Waals surface area contributed by atoms with E-state index in [2.05, 4.69) is 34.0 Å². The molecule has 1 aliphatic rings. The summed E-state index contributed by atoms with van der Waals surface area (Å²) in [6.07, 6.45) is 2.87. The van der Waals surface area contributed by atoms with Crippen molar-refractivity contribution in [2.75, 3.05) is 31.1 Å². The van der Waals surface area contributed by atoms with Gasteiger partial charge in [-0.1, -0.05) is 0 Å². The molecule has 1 aliphatic heterocycles. The van der Waals surface area contributed by atoms with Gasteiger partial charge in [-0.15, -0.1) is 12.4 Å². The van der Waals surface area contributed by atoms with E-state index in [0.29, 0.717) is 5.88 Å². The lowest BCUT2D eigenvalue weighted by Gasteiger charge is -2.20. The van der Waals surface area contributed by atoms with Gasteiger partial charge in [0.2, 0.25) is 5.88 Å². The molecule has 1 N–H and O–H groups in total. The number of halogens is 1. The first-order valence-corrected chi connectivity index (χ1v) is 6.27. The van der Waals surface area contributed by atoms with Gasteiger partial charge in [-0.2, -0.15) is 0 Å². The Kier molecular flexibility index (Phi) is 6.15. The van der Waals surface area contributed by atoms with Gasteiger partial charge in [0.15, 0.2) is 0 Å². The van der Waals surface area contributed by atoms with E-state index in [1.807, 2.05) is 6.07 Å². The number of anilines is 1. The van der Waals surface area contributed by atoms with Crippen LogP contribution in [0.4, 0.5) is 5.82 Å². The molecule has 0 aliphatic carbocycles. The second kappa shape index (κ2) is 7.38. The second-order valence-corrected chi connectivity index (χ2v) is 4.12. The van der Waals surface area contributed by atoms with Gasteiger partial charge >= 0.3 is 0 Å². The summed E-state index contributed by atoms with van der Waals surface area (Å²) in [7, 11) is 0. The Morgan fingerprint density at radius 2 is 2.17 bits per heavy atom. The summed E-state index contributed by atoms with van der Waals surface area (Å²) in [4.78, 5) is 10.6. The van der Waals surface area contributed by atoms with E-state index in [9.17, 15) is 0 Å². The predicted octanol–water partition coefficient (Wildman–Crippen LogP) is 1.49. The molecule has 0 spiro atoms. The molecule has 0 aromatic carbocycles. The Labute approximate surface area is 114 Å². The van der Waals surface area contributed by atoms with Crippen molar-refractivity contribution in [1.29, 1.82) is 0 Å². The zero-order valence-corrected chi connectivity index (χ0v) is 11.7. The van der Waals surface area contributed by atoms with E-state index in [1.54, 1.807) is 6.33 Å². The minimum Gasteiger partial charge on any atom is -0.473 e. The Hall–Kier alpha value is -1.07. The first-order chi connectivity index (χ1) is 8.33. The molecule has 0 unspecified atom stereocenters. The zero-order valence-electron chi connectivity index (χ0n) is 10.9. The van der Waals surface area contributed by atoms with E-state index in [0.717, 1.165) is 38.4 Å². The molecule has 0 radical (unpaired) electrons. The smallest absolute Gasteiger partial charge is 0.218 e. The third kappa shape index (κ3) is 3.71. The van der Waals surface area contributed by atoms with E-state index in [1.165, 1.54) is 0 Å². The monoisotopic (exact) mass is 272 g/mol. The lowest BCUT2D eigenvalue weighted by molar-refractivity contribution is 0.213. The fourth-order valence-electron chi connectivity index (χ4n) is 2.01. The molecule has 0 amide bonds. The molecule has 2 heterocycles. The average Bonchev–Trinajstić information content (AvgIpc) is 2.84. The normalized spacial score (nSPS) is 18.2. The van der Waals surface area contributed by atoms with Crippen LogP contribution in [0.3, 0.4) is 0 Å². The lowest BCUT2D eigenvalue weighted by atomic mass is 10.3. The zero-order chi connectivity index (χ0) is 12.1. The number of rotatable bonds is 5. The highest BCUT2D eigenvalue weighted by Crippen LogP contribution is 2.17. The van der Waals surface area contributed by atoms with Crippen LogP contribution in [0.25, 0.3) is 0 Å². The van der Waals surface area contributed by atoms with Crippen LogP contribution >= 0.6 is 12.4 Å². The molecule has 0 saturated carbocycles. The molecule has 1 aromatic heterocycles. The van der Waals surface area contributed by atoms with Crippen LogP contribution in [0.15, 0.2) is 12.4 Å².